The largest absolute Gasteiger partial charge is 0.493 e. The third-order valence-electron chi connectivity index (χ3n) is 6.24. The summed E-state index contributed by atoms with van der Waals surface area (Å²) < 4.78 is 17.1. The third kappa shape index (κ3) is 5.43. The van der Waals surface area contributed by atoms with Crippen LogP contribution in [-0.4, -0.2) is 38.3 Å². The fourth-order valence-electron chi connectivity index (χ4n) is 4.38. The van der Waals surface area contributed by atoms with Crippen LogP contribution >= 0.6 is 0 Å². The Kier molecular flexibility index (Phi) is 7.60. The first-order valence-corrected chi connectivity index (χ1v) is 11.8. The van der Waals surface area contributed by atoms with Gasteiger partial charge in [0.15, 0.2) is 11.5 Å². The molecule has 1 amide bonds. The van der Waals surface area contributed by atoms with Crippen molar-refractivity contribution in [1.82, 2.24) is 10.3 Å². The smallest absolute Gasteiger partial charge is 0.223 e. The lowest BCUT2D eigenvalue weighted by atomic mass is 9.89. The Balaban J connectivity index is 1.53. The summed E-state index contributed by atoms with van der Waals surface area (Å²) in [5.41, 5.74) is 5.26. The normalized spacial score (nSPS) is 11.8. The van der Waals surface area contributed by atoms with Gasteiger partial charge in [-0.1, -0.05) is 42.5 Å². The number of rotatable bonds is 10. The van der Waals surface area contributed by atoms with Crippen LogP contribution in [0, 0.1) is 13.8 Å². The number of hydrogen-bond donors (Lipinski definition) is 2. The molecule has 35 heavy (non-hydrogen) atoms. The average molecular weight is 473 g/mol. The number of benzene rings is 3. The summed E-state index contributed by atoms with van der Waals surface area (Å²) in [5.74, 6) is 1.93. The van der Waals surface area contributed by atoms with E-state index in [1.807, 2.05) is 74.6 Å². The molecule has 0 radical (unpaired) electrons. The molecule has 1 heterocycles. The van der Waals surface area contributed by atoms with E-state index in [2.05, 4.69) is 16.4 Å². The summed E-state index contributed by atoms with van der Waals surface area (Å²) in [4.78, 5) is 16.1. The molecular weight excluding hydrogens is 440 g/mol. The molecule has 1 atom stereocenters. The predicted octanol–water partition coefficient (Wildman–Crippen LogP) is 5.52. The van der Waals surface area contributed by atoms with Gasteiger partial charge in [0.1, 0.15) is 5.75 Å². The molecule has 0 aliphatic carbocycles. The van der Waals surface area contributed by atoms with Crippen molar-refractivity contribution in [2.24, 2.45) is 0 Å². The number of nitrogens with one attached hydrogen (secondary N) is 2. The van der Waals surface area contributed by atoms with E-state index >= 15 is 0 Å². The summed E-state index contributed by atoms with van der Waals surface area (Å²) in [5, 5.41) is 4.21. The maximum absolute atomic E-state index is 12.8. The second kappa shape index (κ2) is 11.0. The number of ether oxygens (including phenoxy) is 3. The summed E-state index contributed by atoms with van der Waals surface area (Å²) in [7, 11) is 3.26. The molecule has 6 nitrogen and oxygen atoms in total. The lowest BCUT2D eigenvalue weighted by Crippen LogP contribution is -2.30. The van der Waals surface area contributed by atoms with Crippen LogP contribution in [0.15, 0.2) is 66.9 Å². The summed E-state index contributed by atoms with van der Waals surface area (Å²) >= 11 is 0. The molecule has 1 unspecified atom stereocenters. The van der Waals surface area contributed by atoms with Gasteiger partial charge in [0.2, 0.25) is 5.91 Å². The number of carbonyl (C=O) groups is 1. The molecule has 2 N–H and O–H groups in total. The first kappa shape index (κ1) is 24.2. The molecule has 3 aromatic carbocycles. The molecule has 0 aliphatic heterocycles. The zero-order chi connectivity index (χ0) is 24.8. The van der Waals surface area contributed by atoms with E-state index in [0.29, 0.717) is 24.7 Å². The van der Waals surface area contributed by atoms with E-state index in [4.69, 9.17) is 14.2 Å². The average Bonchev–Trinajstić information content (AvgIpc) is 3.30. The van der Waals surface area contributed by atoms with Crippen molar-refractivity contribution in [1.29, 1.82) is 0 Å². The standard InChI is InChI=1S/C29H32N2O4/c1-19-12-13-20(2)27(16-19)35-15-14-28(32)31-18-24(22-9-7-11-26(33-3)29(22)34-4)23-17-30-25-10-6-5-8-21(23)25/h5-13,16-17,24,30H,14-15,18H2,1-4H3,(H,31,32). The zero-order valence-electron chi connectivity index (χ0n) is 20.7. The van der Waals surface area contributed by atoms with Gasteiger partial charge in [-0.05, 0) is 48.7 Å². The van der Waals surface area contributed by atoms with Gasteiger partial charge in [0, 0.05) is 35.1 Å². The fraction of sp³-hybridized carbons (Fsp3) is 0.276. The number of para-hydroxylation sites is 2. The van der Waals surface area contributed by atoms with E-state index in [1.54, 1.807) is 14.2 Å². The van der Waals surface area contributed by atoms with Crippen LogP contribution in [0.5, 0.6) is 17.2 Å². The van der Waals surface area contributed by atoms with Gasteiger partial charge in [-0.25, -0.2) is 0 Å². The number of aromatic nitrogens is 1. The number of carbonyl (C=O) groups excluding carboxylic acids is 1. The van der Waals surface area contributed by atoms with E-state index in [9.17, 15) is 4.79 Å². The predicted molar refractivity (Wildman–Crippen MR) is 139 cm³/mol. The number of H-pyrrole nitrogens is 1. The van der Waals surface area contributed by atoms with Crippen molar-refractivity contribution in [2.75, 3.05) is 27.4 Å². The van der Waals surface area contributed by atoms with E-state index < -0.39 is 0 Å². The molecule has 1 aromatic heterocycles. The highest BCUT2D eigenvalue weighted by Crippen LogP contribution is 2.40. The quantitative estimate of drug-likeness (QED) is 0.319. The molecule has 0 spiro atoms. The van der Waals surface area contributed by atoms with E-state index in [1.165, 1.54) is 0 Å². The van der Waals surface area contributed by atoms with E-state index in [0.717, 1.165) is 38.9 Å². The van der Waals surface area contributed by atoms with Crippen LogP contribution in [0.2, 0.25) is 0 Å². The molecule has 6 heteroatoms. The number of aromatic amines is 1. The van der Waals surface area contributed by atoms with Crippen LogP contribution in [0.3, 0.4) is 0 Å². The molecule has 0 saturated carbocycles. The van der Waals surface area contributed by atoms with Crippen molar-refractivity contribution in [3.8, 4) is 17.2 Å². The van der Waals surface area contributed by atoms with Gasteiger partial charge < -0.3 is 24.5 Å². The monoisotopic (exact) mass is 472 g/mol. The number of methoxy groups -OCH3 is 2. The van der Waals surface area contributed by atoms with Crippen LogP contribution in [-0.2, 0) is 4.79 Å². The van der Waals surface area contributed by atoms with Crippen LogP contribution in [0.4, 0.5) is 0 Å². The van der Waals surface area contributed by atoms with Gasteiger partial charge in [-0.3, -0.25) is 4.79 Å². The minimum Gasteiger partial charge on any atom is -0.493 e. The summed E-state index contributed by atoms with van der Waals surface area (Å²) in [6.45, 7) is 4.75. The van der Waals surface area contributed by atoms with Gasteiger partial charge in [-0.2, -0.15) is 0 Å². The maximum Gasteiger partial charge on any atom is 0.223 e. The lowest BCUT2D eigenvalue weighted by Gasteiger charge is -2.22. The Morgan fingerprint density at radius 2 is 1.77 bits per heavy atom. The van der Waals surface area contributed by atoms with Crippen LogP contribution in [0.25, 0.3) is 10.9 Å². The van der Waals surface area contributed by atoms with Gasteiger partial charge in [0.25, 0.3) is 0 Å². The highest BCUT2D eigenvalue weighted by atomic mass is 16.5. The Bertz CT molecular complexity index is 1310. The number of hydrogen-bond acceptors (Lipinski definition) is 4. The fourth-order valence-corrected chi connectivity index (χ4v) is 4.38. The summed E-state index contributed by atoms with van der Waals surface area (Å²) in [6.07, 6.45) is 2.27. The molecule has 4 aromatic rings. The van der Waals surface area contributed by atoms with E-state index in [-0.39, 0.29) is 18.2 Å². The Morgan fingerprint density at radius 3 is 2.57 bits per heavy atom. The topological polar surface area (TPSA) is 72.6 Å². The Hall–Kier alpha value is -3.93. The molecular formula is C29H32N2O4. The molecule has 0 bridgehead atoms. The Labute approximate surface area is 206 Å². The minimum absolute atomic E-state index is 0.0676. The lowest BCUT2D eigenvalue weighted by molar-refractivity contribution is -0.121. The number of fused-ring (bicyclic) bond motifs is 1. The highest BCUT2D eigenvalue weighted by Gasteiger charge is 2.24. The molecule has 0 aliphatic rings. The summed E-state index contributed by atoms with van der Waals surface area (Å²) in [6, 6.07) is 20.0. The highest BCUT2D eigenvalue weighted by molar-refractivity contribution is 5.84. The molecule has 0 fully saturated rings. The van der Waals surface area contributed by atoms with Gasteiger partial charge in [-0.15, -0.1) is 0 Å². The molecule has 182 valence electrons. The van der Waals surface area contributed by atoms with Crippen molar-refractivity contribution >= 4 is 16.8 Å². The second-order valence-corrected chi connectivity index (χ2v) is 8.60. The Morgan fingerprint density at radius 1 is 0.943 bits per heavy atom. The minimum atomic E-state index is -0.139. The van der Waals surface area contributed by atoms with Crippen LogP contribution in [0.1, 0.15) is 34.6 Å². The number of aryl methyl sites for hydroxylation is 2. The number of amides is 1. The van der Waals surface area contributed by atoms with Crippen molar-refractivity contribution < 1.29 is 19.0 Å². The van der Waals surface area contributed by atoms with Crippen LogP contribution < -0.4 is 19.5 Å². The van der Waals surface area contributed by atoms with Crippen molar-refractivity contribution in [3.05, 3.63) is 89.1 Å². The maximum atomic E-state index is 12.8. The van der Waals surface area contributed by atoms with Gasteiger partial charge >= 0.3 is 0 Å². The first-order valence-electron chi connectivity index (χ1n) is 11.8. The third-order valence-corrected chi connectivity index (χ3v) is 6.24. The zero-order valence-corrected chi connectivity index (χ0v) is 20.7. The second-order valence-electron chi connectivity index (χ2n) is 8.60. The SMILES string of the molecule is COc1cccc(C(CNC(=O)CCOc2cc(C)ccc2C)c2c[nH]c3ccccc23)c1OC. The van der Waals surface area contributed by atoms with Gasteiger partial charge in [0.05, 0.1) is 27.2 Å². The molecule has 0 saturated heterocycles. The van der Waals surface area contributed by atoms with Crippen molar-refractivity contribution in [2.45, 2.75) is 26.2 Å². The molecule has 4 rings (SSSR count). The van der Waals surface area contributed by atoms with Crippen molar-refractivity contribution in [3.63, 3.8) is 0 Å². The first-order chi connectivity index (χ1) is 17.0.